The maximum Gasteiger partial charge on any atom is 0.234 e. The molecule has 4 rings (SSSR count). The van der Waals surface area contributed by atoms with Crippen molar-refractivity contribution in [3.05, 3.63) is 64.5 Å². The van der Waals surface area contributed by atoms with Gasteiger partial charge in [-0.05, 0) is 72.6 Å². The normalized spacial score (nSPS) is 12.8. The number of nitrogens with two attached hydrogens (primary N) is 1. The molecule has 32 heavy (non-hydrogen) atoms. The van der Waals surface area contributed by atoms with Crippen LogP contribution >= 0.6 is 11.8 Å². The molecule has 168 valence electrons. The molecule has 0 radical (unpaired) electrons. The second-order valence-electron chi connectivity index (χ2n) is 8.43. The van der Waals surface area contributed by atoms with Crippen molar-refractivity contribution >= 4 is 23.4 Å². The van der Waals surface area contributed by atoms with Gasteiger partial charge < -0.3 is 15.9 Å². The molecule has 0 saturated heterocycles. The summed E-state index contributed by atoms with van der Waals surface area (Å²) in [6.07, 6.45) is 3.39. The lowest BCUT2D eigenvalue weighted by atomic mass is 10.0. The van der Waals surface area contributed by atoms with Gasteiger partial charge in [0, 0.05) is 5.69 Å². The molecule has 0 bridgehead atoms. The number of hydrogen-bond donors (Lipinski definition) is 2. The van der Waals surface area contributed by atoms with E-state index < -0.39 is 0 Å². The molecular formula is C24H29N5O2S. The van der Waals surface area contributed by atoms with Crippen LogP contribution in [-0.4, -0.2) is 26.5 Å². The summed E-state index contributed by atoms with van der Waals surface area (Å²) in [6, 6.07) is 12.3. The summed E-state index contributed by atoms with van der Waals surface area (Å²) in [4.78, 5) is 12.4. The van der Waals surface area contributed by atoms with Gasteiger partial charge in [0.05, 0.1) is 5.75 Å². The van der Waals surface area contributed by atoms with Crippen molar-refractivity contribution in [3.63, 3.8) is 0 Å². The minimum Gasteiger partial charge on any atom is -0.485 e. The Bertz CT molecular complexity index is 1130. The zero-order valence-electron chi connectivity index (χ0n) is 18.7. The third kappa shape index (κ3) is 5.07. The van der Waals surface area contributed by atoms with Crippen LogP contribution in [0.3, 0.4) is 0 Å². The molecule has 1 heterocycles. The number of benzene rings is 2. The third-order valence-electron chi connectivity index (χ3n) is 5.60. The Morgan fingerprint density at radius 1 is 1.19 bits per heavy atom. The van der Waals surface area contributed by atoms with Crippen LogP contribution in [0.4, 0.5) is 5.69 Å². The van der Waals surface area contributed by atoms with Crippen LogP contribution in [0, 0.1) is 6.92 Å². The van der Waals surface area contributed by atoms with Crippen LogP contribution in [-0.2, 0) is 24.2 Å². The van der Waals surface area contributed by atoms with Crippen LogP contribution in [0.1, 0.15) is 54.3 Å². The molecule has 0 aliphatic heterocycles. The third-order valence-corrected chi connectivity index (χ3v) is 6.54. The minimum absolute atomic E-state index is 0.102. The number of nitrogens with zero attached hydrogens (tertiary/aromatic N) is 3. The fourth-order valence-corrected chi connectivity index (χ4v) is 4.54. The number of nitrogen functional groups attached to an aromatic ring is 1. The monoisotopic (exact) mass is 451 g/mol. The van der Waals surface area contributed by atoms with Crippen LogP contribution in [0.2, 0.25) is 0 Å². The Kier molecular flexibility index (Phi) is 6.69. The van der Waals surface area contributed by atoms with Crippen molar-refractivity contribution in [3.8, 4) is 5.75 Å². The molecule has 0 fully saturated rings. The zero-order valence-corrected chi connectivity index (χ0v) is 19.5. The number of thioether (sulfide) groups is 1. The summed E-state index contributed by atoms with van der Waals surface area (Å²) in [5.74, 6) is 7.92. The van der Waals surface area contributed by atoms with E-state index in [0.717, 1.165) is 35.4 Å². The van der Waals surface area contributed by atoms with E-state index >= 15 is 0 Å². The fraction of sp³-hybridized carbons (Fsp3) is 0.375. The number of carbonyl (C=O) groups excluding carboxylic acids is 1. The number of nitrogens with one attached hydrogen (secondary N) is 1. The van der Waals surface area contributed by atoms with E-state index in [4.69, 9.17) is 10.6 Å². The van der Waals surface area contributed by atoms with Crippen molar-refractivity contribution in [2.45, 2.75) is 57.7 Å². The topological polar surface area (TPSA) is 95.1 Å². The van der Waals surface area contributed by atoms with Gasteiger partial charge in [0.15, 0.2) is 5.82 Å². The van der Waals surface area contributed by atoms with E-state index in [1.54, 1.807) is 0 Å². The molecule has 8 heteroatoms. The molecule has 0 atom stereocenters. The van der Waals surface area contributed by atoms with Gasteiger partial charge in [0.2, 0.25) is 11.1 Å². The Hall–Kier alpha value is -3.00. The van der Waals surface area contributed by atoms with Crippen LogP contribution in [0.25, 0.3) is 0 Å². The largest absolute Gasteiger partial charge is 0.485 e. The van der Waals surface area contributed by atoms with Crippen molar-refractivity contribution in [2.75, 3.05) is 16.9 Å². The molecule has 1 amide bonds. The van der Waals surface area contributed by atoms with E-state index in [0.29, 0.717) is 16.9 Å². The van der Waals surface area contributed by atoms with Crippen LogP contribution in [0.5, 0.6) is 5.75 Å². The average molecular weight is 452 g/mol. The quantitative estimate of drug-likeness (QED) is 0.393. The first-order valence-corrected chi connectivity index (χ1v) is 11.9. The van der Waals surface area contributed by atoms with Crippen molar-refractivity contribution < 1.29 is 9.53 Å². The fourth-order valence-electron chi connectivity index (χ4n) is 3.87. The summed E-state index contributed by atoms with van der Waals surface area (Å²) < 4.78 is 7.40. The van der Waals surface area contributed by atoms with E-state index in [1.807, 2.05) is 19.1 Å². The smallest absolute Gasteiger partial charge is 0.234 e. The van der Waals surface area contributed by atoms with Crippen molar-refractivity contribution in [1.82, 2.24) is 14.9 Å². The summed E-state index contributed by atoms with van der Waals surface area (Å²) in [6.45, 7) is 6.50. The molecule has 0 spiro atoms. The Balaban J connectivity index is 1.33. The number of rotatable bonds is 8. The molecule has 0 saturated carbocycles. The lowest BCUT2D eigenvalue weighted by Crippen LogP contribution is -2.18. The second kappa shape index (κ2) is 9.65. The predicted octanol–water partition coefficient (Wildman–Crippen LogP) is 4.22. The Morgan fingerprint density at radius 3 is 2.81 bits per heavy atom. The summed E-state index contributed by atoms with van der Waals surface area (Å²) >= 11 is 1.25. The van der Waals surface area contributed by atoms with Crippen molar-refractivity contribution in [2.24, 2.45) is 0 Å². The summed E-state index contributed by atoms with van der Waals surface area (Å²) in [5, 5.41) is 11.7. The molecule has 2 aromatic carbocycles. The van der Waals surface area contributed by atoms with Gasteiger partial charge in [-0.2, -0.15) is 0 Å². The maximum atomic E-state index is 12.4. The minimum atomic E-state index is -0.102. The first-order valence-electron chi connectivity index (χ1n) is 10.9. The van der Waals surface area contributed by atoms with Gasteiger partial charge in [0.1, 0.15) is 12.4 Å². The summed E-state index contributed by atoms with van der Waals surface area (Å²) in [7, 11) is 0. The van der Waals surface area contributed by atoms with Gasteiger partial charge in [0.25, 0.3) is 0 Å². The first-order chi connectivity index (χ1) is 15.4. The van der Waals surface area contributed by atoms with Gasteiger partial charge in [-0.15, -0.1) is 10.2 Å². The highest BCUT2D eigenvalue weighted by atomic mass is 32.2. The highest BCUT2D eigenvalue weighted by Crippen LogP contribution is 2.28. The second-order valence-corrected chi connectivity index (χ2v) is 9.37. The molecule has 1 aliphatic carbocycles. The molecule has 0 unspecified atom stereocenters. The number of amides is 1. The van der Waals surface area contributed by atoms with E-state index in [9.17, 15) is 4.79 Å². The number of aryl methyl sites for hydroxylation is 3. The molecular weight excluding hydrogens is 422 g/mol. The van der Waals surface area contributed by atoms with E-state index in [1.165, 1.54) is 34.0 Å². The van der Waals surface area contributed by atoms with Gasteiger partial charge in [-0.3, -0.25) is 4.79 Å². The van der Waals surface area contributed by atoms with E-state index in [-0.39, 0.29) is 18.3 Å². The standard InChI is InChI=1S/C24H29N5O2S/c1-15(2)20-10-7-16(3)11-21(20)31-13-22-27-28-24(29(22)25)32-14-23(30)26-19-9-8-17-5-4-6-18(17)12-19/h7-12,15H,4-6,13-14,25H2,1-3H3,(H,26,30). The number of aromatic nitrogens is 3. The zero-order chi connectivity index (χ0) is 22.7. The molecule has 1 aliphatic rings. The van der Waals surface area contributed by atoms with Crippen molar-refractivity contribution in [1.29, 1.82) is 0 Å². The lowest BCUT2D eigenvalue weighted by molar-refractivity contribution is -0.113. The van der Waals surface area contributed by atoms with Crippen LogP contribution < -0.4 is 15.9 Å². The molecule has 3 aromatic rings. The number of carbonyl (C=O) groups is 1. The summed E-state index contributed by atoms with van der Waals surface area (Å²) in [5.41, 5.74) is 5.81. The average Bonchev–Trinajstić information content (AvgIpc) is 3.36. The molecule has 3 N–H and O–H groups in total. The predicted molar refractivity (Wildman–Crippen MR) is 128 cm³/mol. The van der Waals surface area contributed by atoms with Gasteiger partial charge >= 0.3 is 0 Å². The number of anilines is 1. The number of hydrogen-bond acceptors (Lipinski definition) is 6. The molecule has 1 aromatic heterocycles. The number of ether oxygens (including phenoxy) is 1. The molecule has 7 nitrogen and oxygen atoms in total. The highest BCUT2D eigenvalue weighted by molar-refractivity contribution is 7.99. The lowest BCUT2D eigenvalue weighted by Gasteiger charge is -2.14. The number of fused-ring (bicyclic) bond motifs is 1. The Morgan fingerprint density at radius 2 is 2.00 bits per heavy atom. The highest BCUT2D eigenvalue weighted by Gasteiger charge is 2.16. The SMILES string of the molecule is Cc1ccc(C(C)C)c(OCc2nnc(SCC(=O)Nc3ccc4c(c3)CCC4)n2N)c1. The first kappa shape index (κ1) is 22.2. The van der Waals surface area contributed by atoms with E-state index in [2.05, 4.69) is 53.6 Å². The van der Waals surface area contributed by atoms with Gasteiger partial charge in [-0.25, -0.2) is 4.68 Å². The maximum absolute atomic E-state index is 12.4. The van der Waals surface area contributed by atoms with Crippen LogP contribution in [0.15, 0.2) is 41.6 Å². The van der Waals surface area contributed by atoms with Gasteiger partial charge in [-0.1, -0.05) is 43.8 Å². The Labute approximate surface area is 192 Å².